The van der Waals surface area contributed by atoms with Crippen LogP contribution >= 0.6 is 0 Å². The number of ether oxygens (including phenoxy) is 1. The third-order valence-electron chi connectivity index (χ3n) is 4.73. The van der Waals surface area contributed by atoms with Crippen LogP contribution in [0.25, 0.3) is 0 Å². The first-order valence-electron chi connectivity index (χ1n) is 8.99. The lowest BCUT2D eigenvalue weighted by atomic mass is 9.87. The van der Waals surface area contributed by atoms with Gasteiger partial charge in [0, 0.05) is 0 Å². The van der Waals surface area contributed by atoms with Crippen LogP contribution in [-0.4, -0.2) is 38.0 Å². The van der Waals surface area contributed by atoms with Crippen molar-refractivity contribution in [1.82, 2.24) is 9.97 Å². The predicted octanol–water partition coefficient (Wildman–Crippen LogP) is 2.45. The summed E-state index contributed by atoms with van der Waals surface area (Å²) in [5.41, 5.74) is 4.00. The van der Waals surface area contributed by atoms with Crippen LogP contribution in [0.5, 0.6) is 5.75 Å². The molecule has 156 valence electrons. The van der Waals surface area contributed by atoms with Gasteiger partial charge in [0.05, 0.1) is 10.5 Å². The van der Waals surface area contributed by atoms with E-state index in [0.29, 0.717) is 18.6 Å². The number of H-pyrrole nitrogens is 1. The highest BCUT2D eigenvalue weighted by atomic mass is 16.6. The summed E-state index contributed by atoms with van der Waals surface area (Å²) in [4.78, 5) is 28.5. The van der Waals surface area contributed by atoms with E-state index in [2.05, 4.69) is 20.4 Å². The molecule has 0 aliphatic carbocycles. The van der Waals surface area contributed by atoms with Crippen molar-refractivity contribution in [1.29, 1.82) is 0 Å². The first-order valence-corrected chi connectivity index (χ1v) is 8.99. The van der Waals surface area contributed by atoms with E-state index in [1.165, 1.54) is 0 Å². The summed E-state index contributed by atoms with van der Waals surface area (Å²) in [5, 5.41) is 27.2. The van der Waals surface area contributed by atoms with Crippen LogP contribution in [0.15, 0.2) is 34.2 Å². The molecule has 11 heteroatoms. The highest BCUT2D eigenvalue weighted by molar-refractivity contribution is 5.97. The molecular weight excluding hydrogens is 380 g/mol. The van der Waals surface area contributed by atoms with Gasteiger partial charge in [-0.15, -0.1) is 0 Å². The first-order chi connectivity index (χ1) is 13.8. The number of nitro groups is 1. The van der Waals surface area contributed by atoms with Gasteiger partial charge in [-0.05, 0) is 31.9 Å². The van der Waals surface area contributed by atoms with Gasteiger partial charge in [-0.3, -0.25) is 19.9 Å². The molecule has 0 spiro atoms. The van der Waals surface area contributed by atoms with E-state index in [4.69, 9.17) is 10.5 Å². The second-order valence-electron chi connectivity index (χ2n) is 6.47. The molecule has 29 heavy (non-hydrogen) atoms. The number of nitrogens with one attached hydrogen (secondary N) is 2. The van der Waals surface area contributed by atoms with Crippen molar-refractivity contribution in [2.24, 2.45) is 5.16 Å². The number of nitrogens with zero attached hydrogens (tertiary/aromatic N) is 3. The van der Waals surface area contributed by atoms with Crippen LogP contribution < -0.4 is 21.3 Å². The van der Waals surface area contributed by atoms with E-state index in [1.807, 2.05) is 19.1 Å². The predicted molar refractivity (Wildman–Crippen MR) is 109 cm³/mol. The zero-order valence-electron chi connectivity index (χ0n) is 16.4. The monoisotopic (exact) mass is 404 g/mol. The Hall–Kier alpha value is -3.63. The van der Waals surface area contributed by atoms with Crippen molar-refractivity contribution < 1.29 is 14.9 Å². The first kappa shape index (κ1) is 21.7. The molecule has 0 fully saturated rings. The number of nitrogens with two attached hydrogens (primary N) is 1. The fourth-order valence-electron chi connectivity index (χ4n) is 2.92. The molecule has 2 aromatic rings. The van der Waals surface area contributed by atoms with Crippen LogP contribution in [0.3, 0.4) is 0 Å². The minimum absolute atomic E-state index is 0.0826. The molecule has 1 aromatic heterocycles. The average Bonchev–Trinajstić information content (AvgIpc) is 2.67. The van der Waals surface area contributed by atoms with Gasteiger partial charge in [-0.1, -0.05) is 36.7 Å². The molecule has 1 aromatic carbocycles. The summed E-state index contributed by atoms with van der Waals surface area (Å²) >= 11 is 0. The van der Waals surface area contributed by atoms with Gasteiger partial charge < -0.3 is 21.0 Å². The Morgan fingerprint density at radius 2 is 2.00 bits per heavy atom. The molecule has 2 rings (SSSR count). The van der Waals surface area contributed by atoms with E-state index in [-0.39, 0.29) is 24.1 Å². The van der Waals surface area contributed by atoms with Gasteiger partial charge in [-0.25, -0.2) is 0 Å². The minimum Gasteiger partial charge on any atom is -0.487 e. The number of aryl methyl sites for hydroxylation is 1. The Labute approximate surface area is 166 Å². The maximum atomic E-state index is 12.0. The minimum atomic E-state index is -1.06. The van der Waals surface area contributed by atoms with Crippen molar-refractivity contribution >= 4 is 23.2 Å². The van der Waals surface area contributed by atoms with Crippen molar-refractivity contribution in [3.63, 3.8) is 0 Å². The lowest BCUT2D eigenvalue weighted by molar-refractivity contribution is -0.385. The number of anilines is 2. The highest BCUT2D eigenvalue weighted by Crippen LogP contribution is 2.28. The fraction of sp³-hybridized carbons (Fsp3) is 0.389. The number of hydrogen-bond acceptors (Lipinski definition) is 9. The van der Waals surface area contributed by atoms with E-state index in [0.717, 1.165) is 5.56 Å². The normalized spacial score (nSPS) is 11.9. The second kappa shape index (κ2) is 9.04. The van der Waals surface area contributed by atoms with E-state index in [9.17, 15) is 20.1 Å². The number of nitrogen functional groups attached to an aromatic ring is 1. The van der Waals surface area contributed by atoms with Crippen LogP contribution in [0.2, 0.25) is 0 Å². The Morgan fingerprint density at radius 1 is 1.38 bits per heavy atom. The number of benzene rings is 1. The number of hydrogen-bond donors (Lipinski definition) is 4. The third-order valence-corrected chi connectivity index (χ3v) is 4.73. The van der Waals surface area contributed by atoms with E-state index < -0.39 is 21.7 Å². The van der Waals surface area contributed by atoms with Crippen LogP contribution in [0, 0.1) is 17.0 Å². The zero-order chi connectivity index (χ0) is 21.6. The molecule has 0 saturated heterocycles. The van der Waals surface area contributed by atoms with Crippen molar-refractivity contribution in [2.75, 3.05) is 17.7 Å². The number of aromatic amines is 1. The maximum absolute atomic E-state index is 12.0. The summed E-state index contributed by atoms with van der Waals surface area (Å²) < 4.78 is 5.71. The van der Waals surface area contributed by atoms with Gasteiger partial charge in [0.2, 0.25) is 11.8 Å². The van der Waals surface area contributed by atoms with Gasteiger partial charge >= 0.3 is 11.2 Å². The molecule has 0 bridgehead atoms. The molecular formula is C18H24N6O5. The topological polar surface area (TPSA) is 169 Å². The van der Waals surface area contributed by atoms with Crippen molar-refractivity contribution in [2.45, 2.75) is 39.2 Å². The van der Waals surface area contributed by atoms with Crippen LogP contribution in [0.1, 0.15) is 32.3 Å². The number of aromatic nitrogens is 2. The van der Waals surface area contributed by atoms with E-state index >= 15 is 0 Å². The molecule has 1 heterocycles. The molecule has 11 nitrogen and oxygen atoms in total. The summed E-state index contributed by atoms with van der Waals surface area (Å²) in [6.45, 7) is 5.47. The smallest absolute Gasteiger partial charge is 0.375 e. The molecule has 0 unspecified atom stereocenters. The quantitative estimate of drug-likeness (QED) is 0.214. The highest BCUT2D eigenvalue weighted by Gasteiger charge is 2.37. The van der Waals surface area contributed by atoms with Gasteiger partial charge in [0.25, 0.3) is 0 Å². The summed E-state index contributed by atoms with van der Waals surface area (Å²) in [6, 6.07) is 7.31. The standard InChI is InChI=1S/C18H24N6O5/c1-4-18(5-2,13(23-26)10-29-12-8-6-11(3)7-9-12)22-15-14(24(27)28)16(25)21-17(19)20-15/h6-9,26H,4-5,10H2,1-3H3,(H4,19,20,21,22,25). The van der Waals surface area contributed by atoms with Gasteiger partial charge in [0.1, 0.15) is 18.1 Å². The van der Waals surface area contributed by atoms with Crippen molar-refractivity contribution in [3.05, 3.63) is 50.3 Å². The molecule has 0 aliphatic heterocycles. The Kier molecular flexibility index (Phi) is 6.75. The van der Waals surface area contributed by atoms with Crippen LogP contribution in [0.4, 0.5) is 17.5 Å². The second-order valence-corrected chi connectivity index (χ2v) is 6.47. The Bertz CT molecular complexity index is 950. The van der Waals surface area contributed by atoms with Gasteiger partial charge in [-0.2, -0.15) is 4.98 Å². The van der Waals surface area contributed by atoms with Gasteiger partial charge in [0.15, 0.2) is 0 Å². The Morgan fingerprint density at radius 3 is 2.52 bits per heavy atom. The van der Waals surface area contributed by atoms with Crippen LogP contribution in [-0.2, 0) is 0 Å². The molecule has 0 radical (unpaired) electrons. The lowest BCUT2D eigenvalue weighted by Gasteiger charge is -2.33. The molecule has 0 amide bonds. The molecule has 0 saturated carbocycles. The molecule has 5 N–H and O–H groups in total. The van der Waals surface area contributed by atoms with E-state index in [1.54, 1.807) is 26.0 Å². The Balaban J connectivity index is 2.38. The van der Waals surface area contributed by atoms with Crippen molar-refractivity contribution in [3.8, 4) is 5.75 Å². The number of oxime groups is 1. The SMILES string of the molecule is CCC(CC)(Nc1nc(N)[nH]c(=O)c1[N+](=O)[O-])C(COc1ccc(C)cc1)=NO. The molecule has 0 aliphatic rings. The molecule has 0 atom stereocenters. The summed E-state index contributed by atoms with van der Waals surface area (Å²) in [6.07, 6.45) is 0.734. The average molecular weight is 404 g/mol. The fourth-order valence-corrected chi connectivity index (χ4v) is 2.92. The third kappa shape index (κ3) is 4.81. The largest absolute Gasteiger partial charge is 0.487 e. The zero-order valence-corrected chi connectivity index (χ0v) is 16.4. The summed E-state index contributed by atoms with van der Waals surface area (Å²) in [5.74, 6) is -0.0126. The lowest BCUT2D eigenvalue weighted by Crippen LogP contribution is -2.48. The number of rotatable bonds is 9. The summed E-state index contributed by atoms with van der Waals surface area (Å²) in [7, 11) is 0. The maximum Gasteiger partial charge on any atom is 0.375 e.